The van der Waals surface area contributed by atoms with E-state index in [0.29, 0.717) is 52.3 Å². The summed E-state index contributed by atoms with van der Waals surface area (Å²) in [6.07, 6.45) is 9.32. The van der Waals surface area contributed by atoms with Gasteiger partial charge in [-0.25, -0.2) is 9.97 Å². The highest BCUT2D eigenvalue weighted by Crippen LogP contribution is 2.43. The number of rotatable bonds is 2. The number of benzene rings is 1. The number of carbonyl (C=O) groups excluding carboxylic acids is 1. The van der Waals surface area contributed by atoms with Crippen LogP contribution in [0.3, 0.4) is 0 Å². The van der Waals surface area contributed by atoms with Crippen molar-refractivity contribution < 1.29 is 14.3 Å². The van der Waals surface area contributed by atoms with Crippen molar-refractivity contribution in [2.45, 2.75) is 64.5 Å². The van der Waals surface area contributed by atoms with E-state index in [1.165, 1.54) is 44.5 Å². The second kappa shape index (κ2) is 12.8. The minimum absolute atomic E-state index is 0.255. The van der Waals surface area contributed by atoms with Crippen LogP contribution in [0.5, 0.6) is 5.75 Å². The van der Waals surface area contributed by atoms with Crippen LogP contribution in [0.15, 0.2) is 42.6 Å². The summed E-state index contributed by atoms with van der Waals surface area (Å²) in [6, 6.07) is 14.4. The van der Waals surface area contributed by atoms with Crippen LogP contribution in [0, 0.1) is 23.7 Å². The smallest absolute Gasteiger partial charge is 0.258 e. The molecule has 248 valence electrons. The summed E-state index contributed by atoms with van der Waals surface area (Å²) in [4.78, 5) is 32.8. The number of pyridine rings is 2. The lowest BCUT2D eigenvalue weighted by molar-refractivity contribution is -0.0834. The van der Waals surface area contributed by atoms with Crippen molar-refractivity contribution in [2.75, 3.05) is 56.2 Å². The van der Waals surface area contributed by atoms with Gasteiger partial charge < -0.3 is 18.9 Å². The number of nitriles is 1. The number of imidazole rings is 1. The maximum Gasteiger partial charge on any atom is 0.258 e. The summed E-state index contributed by atoms with van der Waals surface area (Å²) in [5.41, 5.74) is 6.26. The average molecular weight is 647 g/mol. The number of likely N-dealkylation sites (tertiary alicyclic amines) is 1. The van der Waals surface area contributed by atoms with Crippen molar-refractivity contribution in [2.24, 2.45) is 5.41 Å². The molecule has 1 amide bonds. The van der Waals surface area contributed by atoms with Crippen LogP contribution < -0.4 is 15.0 Å². The Hall–Kier alpha value is -4.53. The summed E-state index contributed by atoms with van der Waals surface area (Å²) < 4.78 is 13.8. The van der Waals surface area contributed by atoms with Crippen LogP contribution in [0.25, 0.3) is 22.3 Å². The third-order valence-electron chi connectivity index (χ3n) is 10.9. The number of aromatic nitrogens is 4. The average Bonchev–Trinajstić information content (AvgIpc) is 3.42. The first-order chi connectivity index (χ1) is 23.5. The summed E-state index contributed by atoms with van der Waals surface area (Å²) in [6.45, 7) is 9.42. The third kappa shape index (κ3) is 5.99. The fraction of sp³-hybridized carbons (Fsp3) is 0.486. The molecular weight excluding hydrogens is 604 g/mol. The first-order valence-electron chi connectivity index (χ1n) is 17.4. The standard InChI is InChI=1S/C37H42N8O3/c1-25-17-26-18-32(40-25)30-22-39-27(21-38)19-34(30)48-16-4-2-3-11-45-33-20-28(5-6-31(33)41-36(45)42-35(26)46)43-12-7-37(8-13-43)9-14-44(15-10-37)29-23-47-24-29/h5-6,17-20,22,29H,2-4,7-16,23-24H2,1H3,(H,41,42,46). The van der Waals surface area contributed by atoms with E-state index >= 15 is 0 Å². The summed E-state index contributed by atoms with van der Waals surface area (Å²) in [5.74, 6) is 0.844. The largest absolute Gasteiger partial charge is 0.493 e. The van der Waals surface area contributed by atoms with Crippen LogP contribution in [0.2, 0.25) is 0 Å². The Morgan fingerprint density at radius 3 is 2.54 bits per heavy atom. The van der Waals surface area contributed by atoms with Crippen molar-refractivity contribution in [3.05, 3.63) is 59.5 Å². The predicted octanol–water partition coefficient (Wildman–Crippen LogP) is 5.57. The first-order valence-corrected chi connectivity index (χ1v) is 17.4. The van der Waals surface area contributed by atoms with Gasteiger partial charge in [0, 0.05) is 48.8 Å². The molecule has 2 bridgehead atoms. The van der Waals surface area contributed by atoms with Crippen LogP contribution >= 0.6 is 0 Å². The van der Waals surface area contributed by atoms with Gasteiger partial charge in [0.1, 0.15) is 17.5 Å². The molecule has 7 heterocycles. The van der Waals surface area contributed by atoms with Gasteiger partial charge in [-0.3, -0.25) is 20.0 Å². The van der Waals surface area contributed by atoms with E-state index in [0.717, 1.165) is 63.1 Å². The Kier molecular flexibility index (Phi) is 8.22. The number of carbonyl (C=O) groups is 1. The number of fused-ring (bicyclic) bond motifs is 7. The fourth-order valence-electron chi connectivity index (χ4n) is 7.82. The zero-order chi connectivity index (χ0) is 32.7. The van der Waals surface area contributed by atoms with Gasteiger partial charge in [-0.05, 0) is 101 Å². The first kappa shape index (κ1) is 30.8. The van der Waals surface area contributed by atoms with Gasteiger partial charge in [0.15, 0.2) is 0 Å². The number of amides is 1. The second-order valence-corrected chi connectivity index (χ2v) is 13.9. The molecule has 1 spiro atoms. The van der Waals surface area contributed by atoms with Gasteiger partial charge in [-0.2, -0.15) is 5.26 Å². The minimum Gasteiger partial charge on any atom is -0.493 e. The third-order valence-corrected chi connectivity index (χ3v) is 10.9. The van der Waals surface area contributed by atoms with E-state index in [1.54, 1.807) is 24.4 Å². The predicted molar refractivity (Wildman–Crippen MR) is 183 cm³/mol. The molecule has 8 rings (SSSR count). The Balaban J connectivity index is 1.04. The van der Waals surface area contributed by atoms with E-state index in [4.69, 9.17) is 14.5 Å². The molecule has 4 aromatic rings. The molecule has 3 saturated heterocycles. The monoisotopic (exact) mass is 646 g/mol. The number of aryl methyl sites for hydroxylation is 2. The quantitative estimate of drug-likeness (QED) is 0.298. The van der Waals surface area contributed by atoms with Crippen LogP contribution in [0.4, 0.5) is 11.6 Å². The lowest BCUT2D eigenvalue weighted by Crippen LogP contribution is -2.54. The number of anilines is 2. The number of nitrogens with zero attached hydrogens (tertiary/aromatic N) is 7. The van der Waals surface area contributed by atoms with E-state index in [-0.39, 0.29) is 11.6 Å². The highest BCUT2D eigenvalue weighted by Gasteiger charge is 2.40. The van der Waals surface area contributed by atoms with Gasteiger partial charge in [0.05, 0.1) is 48.2 Å². The molecule has 1 aromatic carbocycles. The zero-order valence-electron chi connectivity index (χ0n) is 27.6. The van der Waals surface area contributed by atoms with Crippen molar-refractivity contribution in [1.29, 1.82) is 5.26 Å². The maximum atomic E-state index is 13.8. The number of ether oxygens (including phenoxy) is 2. The SMILES string of the molecule is Cc1cc2cc(n1)-c1cnc(C#N)cc1OCCCCCn1c(nc3ccc(N4CCC5(CC4)CCN(C4COC4)CC5)cc31)NC2=O. The fourth-order valence-corrected chi connectivity index (χ4v) is 7.82. The van der Waals surface area contributed by atoms with Crippen molar-refractivity contribution in [3.8, 4) is 23.1 Å². The molecule has 3 fully saturated rings. The van der Waals surface area contributed by atoms with Crippen molar-refractivity contribution in [1.82, 2.24) is 24.4 Å². The van der Waals surface area contributed by atoms with Gasteiger partial charge >= 0.3 is 0 Å². The lowest BCUT2D eigenvalue weighted by atomic mass is 9.71. The molecule has 3 aromatic heterocycles. The zero-order valence-corrected chi connectivity index (χ0v) is 27.6. The van der Waals surface area contributed by atoms with Gasteiger partial charge in [-0.1, -0.05) is 0 Å². The molecule has 11 heteroatoms. The van der Waals surface area contributed by atoms with Gasteiger partial charge in [0.2, 0.25) is 5.95 Å². The highest BCUT2D eigenvalue weighted by molar-refractivity contribution is 6.05. The Morgan fingerprint density at radius 2 is 1.77 bits per heavy atom. The molecule has 4 aliphatic heterocycles. The lowest BCUT2D eigenvalue weighted by Gasteiger charge is -2.50. The van der Waals surface area contributed by atoms with E-state index in [1.807, 2.05) is 6.92 Å². The van der Waals surface area contributed by atoms with Crippen molar-refractivity contribution >= 4 is 28.6 Å². The number of nitrogens with one attached hydrogen (secondary N) is 1. The Bertz CT molecular complexity index is 1880. The molecular formula is C37H42N8O3. The normalized spacial score (nSPS) is 20.4. The molecule has 0 unspecified atom stereocenters. The highest BCUT2D eigenvalue weighted by atomic mass is 16.5. The number of hydrogen-bond donors (Lipinski definition) is 1. The Morgan fingerprint density at radius 1 is 0.958 bits per heavy atom. The van der Waals surface area contributed by atoms with Crippen LogP contribution in [0.1, 0.15) is 66.7 Å². The molecule has 11 nitrogen and oxygen atoms in total. The molecule has 0 aliphatic carbocycles. The summed E-state index contributed by atoms with van der Waals surface area (Å²) in [5, 5.41) is 12.6. The van der Waals surface area contributed by atoms with E-state index in [2.05, 4.69) is 53.9 Å². The van der Waals surface area contributed by atoms with Crippen LogP contribution in [-0.4, -0.2) is 82.4 Å². The van der Waals surface area contributed by atoms with E-state index < -0.39 is 0 Å². The van der Waals surface area contributed by atoms with E-state index in [9.17, 15) is 10.1 Å². The number of piperidine rings is 2. The molecule has 1 N–H and O–H groups in total. The minimum atomic E-state index is -0.255. The number of hydrogen-bond acceptors (Lipinski definition) is 9. The second-order valence-electron chi connectivity index (χ2n) is 13.9. The summed E-state index contributed by atoms with van der Waals surface area (Å²) >= 11 is 0. The topological polar surface area (TPSA) is 121 Å². The molecule has 0 saturated carbocycles. The molecule has 0 atom stereocenters. The molecule has 4 aliphatic rings. The Labute approximate surface area is 280 Å². The van der Waals surface area contributed by atoms with Gasteiger partial charge in [0.25, 0.3) is 5.91 Å². The molecule has 0 radical (unpaired) electrons. The van der Waals surface area contributed by atoms with Gasteiger partial charge in [-0.15, -0.1) is 0 Å². The molecule has 48 heavy (non-hydrogen) atoms. The van der Waals surface area contributed by atoms with Crippen LogP contribution in [-0.2, 0) is 11.3 Å². The maximum absolute atomic E-state index is 13.8. The summed E-state index contributed by atoms with van der Waals surface area (Å²) in [7, 11) is 0. The van der Waals surface area contributed by atoms with Crippen molar-refractivity contribution in [3.63, 3.8) is 0 Å².